The van der Waals surface area contributed by atoms with Gasteiger partial charge in [0.1, 0.15) is 0 Å². The van der Waals surface area contributed by atoms with Crippen molar-refractivity contribution < 1.29 is 12.8 Å². The molecule has 0 amide bonds. The van der Waals surface area contributed by atoms with E-state index in [1.165, 1.54) is 13.0 Å². The lowest BCUT2D eigenvalue weighted by molar-refractivity contribution is 0.244. The van der Waals surface area contributed by atoms with Gasteiger partial charge in [-0.3, -0.25) is 5.73 Å². The van der Waals surface area contributed by atoms with E-state index in [0.717, 1.165) is 0 Å². The van der Waals surface area contributed by atoms with Crippen molar-refractivity contribution in [3.8, 4) is 0 Å². The Hall–Kier alpha value is -0.420. The number of hydrogen-bond acceptors (Lipinski definition) is 3. The van der Waals surface area contributed by atoms with Crippen molar-refractivity contribution >= 4 is 9.84 Å². The first-order valence-corrected chi connectivity index (χ1v) is 5.51. The molecule has 1 heterocycles. The Labute approximate surface area is 71.4 Å². The molecule has 0 saturated carbocycles. The molecule has 70 valence electrons. The first-order chi connectivity index (χ1) is 5.31. The summed E-state index contributed by atoms with van der Waals surface area (Å²) in [5.74, 6) is -1.94. The van der Waals surface area contributed by atoms with Crippen LogP contribution in [0.4, 0.5) is 4.39 Å². The Bertz CT molecular complexity index is 300. The van der Waals surface area contributed by atoms with E-state index in [9.17, 15) is 12.8 Å². The van der Waals surface area contributed by atoms with Crippen molar-refractivity contribution in [2.75, 3.05) is 11.5 Å². The molecule has 1 unspecified atom stereocenters. The molecule has 3 nitrogen and oxygen atoms in total. The van der Waals surface area contributed by atoms with Crippen LogP contribution in [0.2, 0.25) is 0 Å². The Morgan fingerprint density at radius 1 is 1.67 bits per heavy atom. The topological polar surface area (TPSA) is 60.2 Å². The predicted molar refractivity (Wildman–Crippen MR) is 45.1 cm³/mol. The Balaban J connectivity index is 2.82. The zero-order chi connectivity index (χ0) is 9.41. The van der Waals surface area contributed by atoms with Gasteiger partial charge in [-0.25, -0.2) is 12.8 Å². The summed E-state index contributed by atoms with van der Waals surface area (Å²) in [4.78, 5) is 0. The van der Waals surface area contributed by atoms with Crippen LogP contribution >= 0.6 is 0 Å². The molecular weight excluding hydrogens is 181 g/mol. The lowest BCUT2D eigenvalue weighted by Gasteiger charge is -2.21. The highest BCUT2D eigenvalue weighted by atomic mass is 32.2. The number of halogens is 1. The Morgan fingerprint density at radius 3 is 2.58 bits per heavy atom. The molecule has 12 heavy (non-hydrogen) atoms. The molecule has 2 N–H and O–H groups in total. The lowest BCUT2D eigenvalue weighted by atomic mass is 10.0. The van der Waals surface area contributed by atoms with E-state index in [1.54, 1.807) is 0 Å². The maximum atomic E-state index is 13.0. The smallest absolute Gasteiger partial charge is 0.178 e. The third-order valence-corrected chi connectivity index (χ3v) is 3.39. The lowest BCUT2D eigenvalue weighted by Crippen LogP contribution is -2.35. The fourth-order valence-electron chi connectivity index (χ4n) is 1.12. The standard InChI is InChI=1S/C7H12FNO2S/c1-7(8,9)6-2-4-12(10,11)5-3-6/h2H,3-5,9H2,1H3. The van der Waals surface area contributed by atoms with Gasteiger partial charge in [0.2, 0.25) is 0 Å². The highest BCUT2D eigenvalue weighted by Crippen LogP contribution is 2.22. The Morgan fingerprint density at radius 2 is 2.25 bits per heavy atom. The fourth-order valence-corrected chi connectivity index (χ4v) is 2.28. The molecule has 1 aliphatic heterocycles. The van der Waals surface area contributed by atoms with Crippen molar-refractivity contribution in [1.29, 1.82) is 0 Å². The third-order valence-electron chi connectivity index (χ3n) is 1.89. The van der Waals surface area contributed by atoms with E-state index in [4.69, 9.17) is 5.73 Å². The van der Waals surface area contributed by atoms with Crippen LogP contribution in [0.5, 0.6) is 0 Å². The molecule has 0 fully saturated rings. The minimum Gasteiger partial charge on any atom is -0.296 e. The van der Waals surface area contributed by atoms with Crippen LogP contribution in [0.1, 0.15) is 13.3 Å². The molecule has 1 aliphatic rings. The van der Waals surface area contributed by atoms with E-state index in [0.29, 0.717) is 5.57 Å². The van der Waals surface area contributed by atoms with Gasteiger partial charge in [-0.1, -0.05) is 6.08 Å². The van der Waals surface area contributed by atoms with Crippen molar-refractivity contribution in [2.24, 2.45) is 5.73 Å². The molecule has 0 aromatic rings. The first kappa shape index (κ1) is 9.67. The summed E-state index contributed by atoms with van der Waals surface area (Å²) < 4.78 is 34.9. The first-order valence-electron chi connectivity index (χ1n) is 3.69. The monoisotopic (exact) mass is 193 g/mol. The molecule has 1 rings (SSSR count). The highest BCUT2D eigenvalue weighted by Gasteiger charge is 2.27. The summed E-state index contributed by atoms with van der Waals surface area (Å²) >= 11 is 0. The van der Waals surface area contributed by atoms with Crippen molar-refractivity contribution in [3.63, 3.8) is 0 Å². The average molecular weight is 193 g/mol. The van der Waals surface area contributed by atoms with Gasteiger partial charge in [0.15, 0.2) is 15.6 Å². The molecule has 0 bridgehead atoms. The van der Waals surface area contributed by atoms with Gasteiger partial charge in [-0.05, 0) is 18.9 Å². The van der Waals surface area contributed by atoms with Gasteiger partial charge in [0.05, 0.1) is 11.5 Å². The average Bonchev–Trinajstić information content (AvgIpc) is 1.83. The molecule has 0 radical (unpaired) electrons. The molecule has 0 aromatic heterocycles. The second-order valence-electron chi connectivity index (χ2n) is 3.17. The Kier molecular flexibility index (Phi) is 2.27. The number of alkyl halides is 1. The van der Waals surface area contributed by atoms with Crippen LogP contribution in [-0.4, -0.2) is 25.7 Å². The zero-order valence-corrected chi connectivity index (χ0v) is 7.70. The summed E-state index contributed by atoms with van der Waals surface area (Å²) in [6.45, 7) is 1.23. The van der Waals surface area contributed by atoms with Gasteiger partial charge >= 0.3 is 0 Å². The second-order valence-corrected chi connectivity index (χ2v) is 5.40. The molecule has 5 heteroatoms. The van der Waals surface area contributed by atoms with Gasteiger partial charge in [0.25, 0.3) is 0 Å². The number of hydrogen-bond donors (Lipinski definition) is 1. The van der Waals surface area contributed by atoms with E-state index < -0.39 is 15.6 Å². The summed E-state index contributed by atoms with van der Waals surface area (Å²) in [5.41, 5.74) is 5.56. The van der Waals surface area contributed by atoms with Crippen LogP contribution in [0, 0.1) is 0 Å². The normalized spacial score (nSPS) is 27.4. The molecule has 0 spiro atoms. The fraction of sp³-hybridized carbons (Fsp3) is 0.714. The van der Waals surface area contributed by atoms with Crippen LogP contribution in [-0.2, 0) is 9.84 Å². The maximum absolute atomic E-state index is 13.0. The summed E-state index contributed by atoms with van der Waals surface area (Å²) in [5, 5.41) is 0. The van der Waals surface area contributed by atoms with Crippen molar-refractivity contribution in [2.45, 2.75) is 19.1 Å². The van der Waals surface area contributed by atoms with Crippen LogP contribution in [0.3, 0.4) is 0 Å². The molecule has 0 aliphatic carbocycles. The minimum absolute atomic E-state index is 0.00947. The molecule has 1 atom stereocenters. The van der Waals surface area contributed by atoms with Crippen LogP contribution in [0.25, 0.3) is 0 Å². The van der Waals surface area contributed by atoms with Crippen LogP contribution in [0.15, 0.2) is 11.6 Å². The predicted octanol–water partition coefficient (Wildman–Crippen LogP) is 0.376. The summed E-state index contributed by atoms with van der Waals surface area (Å²) in [7, 11) is -2.97. The highest BCUT2D eigenvalue weighted by molar-refractivity contribution is 7.91. The van der Waals surface area contributed by atoms with Crippen molar-refractivity contribution in [1.82, 2.24) is 0 Å². The summed E-state index contributed by atoms with van der Waals surface area (Å²) in [6, 6.07) is 0. The quantitative estimate of drug-likeness (QED) is 0.483. The molecule has 0 aromatic carbocycles. The van der Waals surface area contributed by atoms with E-state index in [1.807, 2.05) is 0 Å². The third kappa shape index (κ3) is 2.28. The largest absolute Gasteiger partial charge is 0.296 e. The van der Waals surface area contributed by atoms with Gasteiger partial charge in [-0.2, -0.15) is 0 Å². The molecular formula is C7H12FNO2S. The van der Waals surface area contributed by atoms with Gasteiger partial charge < -0.3 is 0 Å². The van der Waals surface area contributed by atoms with Gasteiger partial charge in [-0.15, -0.1) is 0 Å². The van der Waals surface area contributed by atoms with Crippen molar-refractivity contribution in [3.05, 3.63) is 11.6 Å². The zero-order valence-electron chi connectivity index (χ0n) is 6.88. The minimum atomic E-state index is -2.97. The number of sulfone groups is 1. The SMILES string of the molecule is CC(N)(F)C1=CCS(=O)(=O)CC1. The maximum Gasteiger partial charge on any atom is 0.178 e. The van der Waals surface area contributed by atoms with Crippen LogP contribution < -0.4 is 5.73 Å². The number of rotatable bonds is 1. The van der Waals surface area contributed by atoms with E-state index in [-0.39, 0.29) is 17.9 Å². The van der Waals surface area contributed by atoms with E-state index in [2.05, 4.69) is 0 Å². The van der Waals surface area contributed by atoms with E-state index >= 15 is 0 Å². The second kappa shape index (κ2) is 2.81. The number of nitrogens with two attached hydrogens (primary N) is 1. The van der Waals surface area contributed by atoms with Gasteiger partial charge in [0, 0.05) is 0 Å². The molecule has 0 saturated heterocycles. The summed E-state index contributed by atoms with van der Waals surface area (Å²) in [6.07, 6.45) is 1.59.